The van der Waals surface area contributed by atoms with E-state index in [0.29, 0.717) is 23.0 Å². The Kier molecular flexibility index (Phi) is 1.26. The van der Waals surface area contributed by atoms with Crippen molar-refractivity contribution >= 4 is 0 Å². The summed E-state index contributed by atoms with van der Waals surface area (Å²) in [7, 11) is 0. The Morgan fingerprint density at radius 3 is 2.38 bits per heavy atom. The maximum Gasteiger partial charge on any atom is 0.100 e. The van der Waals surface area contributed by atoms with Gasteiger partial charge in [-0.1, -0.05) is 27.7 Å². The molecule has 1 aliphatic heterocycles. The third-order valence-corrected chi connectivity index (χ3v) is 5.21. The van der Waals surface area contributed by atoms with E-state index < -0.39 is 0 Å². The van der Waals surface area contributed by atoms with Crippen LogP contribution >= 0.6 is 0 Å². The van der Waals surface area contributed by atoms with Crippen LogP contribution in [0.5, 0.6) is 0 Å². The van der Waals surface area contributed by atoms with Gasteiger partial charge in [0.1, 0.15) is 5.60 Å². The molecule has 4 aliphatic rings. The molecule has 3 saturated carbocycles. The van der Waals surface area contributed by atoms with Gasteiger partial charge in [0.2, 0.25) is 0 Å². The Labute approximate surface area is 80.8 Å². The largest absolute Gasteiger partial charge is 0.365 e. The van der Waals surface area contributed by atoms with Crippen molar-refractivity contribution in [1.29, 1.82) is 0 Å². The number of hydrogen-bond donors (Lipinski definition) is 0. The highest BCUT2D eigenvalue weighted by atomic mass is 16.6. The standard InChI is InChI=1S/C12H20O/c1-7(2)12-9-5-8(11(9,3)4)6-10(12)13-12/h7-10H,5-6H2,1-4H3/t8-,9-,10+,12-/m1/s1. The molecule has 0 radical (unpaired) electrons. The molecule has 13 heavy (non-hydrogen) atoms. The number of rotatable bonds is 1. The van der Waals surface area contributed by atoms with Crippen LogP contribution in [0, 0.1) is 23.2 Å². The Balaban J connectivity index is 1.95. The molecule has 0 unspecified atom stereocenters. The molecule has 0 amide bonds. The molecule has 1 saturated heterocycles. The molecule has 0 N–H and O–H groups in total. The van der Waals surface area contributed by atoms with Gasteiger partial charge in [0, 0.05) is 0 Å². The second kappa shape index (κ2) is 1.98. The summed E-state index contributed by atoms with van der Waals surface area (Å²) in [5.74, 6) is 2.52. The Morgan fingerprint density at radius 2 is 1.92 bits per heavy atom. The van der Waals surface area contributed by atoms with E-state index in [-0.39, 0.29) is 0 Å². The van der Waals surface area contributed by atoms with Crippen LogP contribution in [0.3, 0.4) is 0 Å². The first-order chi connectivity index (χ1) is 5.99. The SMILES string of the molecule is CC(C)[C@]12O[C@H]1C[C@H]1C[C@@H]2C1(C)C. The van der Waals surface area contributed by atoms with E-state index >= 15 is 0 Å². The van der Waals surface area contributed by atoms with E-state index in [9.17, 15) is 0 Å². The van der Waals surface area contributed by atoms with Crippen molar-refractivity contribution in [2.45, 2.75) is 52.2 Å². The van der Waals surface area contributed by atoms with Crippen LogP contribution in [0.1, 0.15) is 40.5 Å². The highest BCUT2D eigenvalue weighted by Crippen LogP contribution is 2.72. The molecule has 1 nitrogen and oxygen atoms in total. The van der Waals surface area contributed by atoms with Gasteiger partial charge in [-0.3, -0.25) is 0 Å². The van der Waals surface area contributed by atoms with Gasteiger partial charge >= 0.3 is 0 Å². The maximum atomic E-state index is 6.02. The zero-order valence-electron chi connectivity index (χ0n) is 9.13. The van der Waals surface area contributed by atoms with Gasteiger partial charge in [-0.2, -0.15) is 0 Å². The maximum absolute atomic E-state index is 6.02. The molecule has 1 heteroatoms. The average molecular weight is 180 g/mol. The van der Waals surface area contributed by atoms with Crippen molar-refractivity contribution in [1.82, 2.24) is 0 Å². The van der Waals surface area contributed by atoms with Crippen molar-refractivity contribution in [2.24, 2.45) is 23.2 Å². The lowest BCUT2D eigenvalue weighted by atomic mass is 9.44. The third kappa shape index (κ3) is 0.707. The minimum atomic E-state index is 0.304. The quantitative estimate of drug-likeness (QED) is 0.565. The van der Waals surface area contributed by atoms with Crippen LogP contribution < -0.4 is 0 Å². The summed E-state index contributed by atoms with van der Waals surface area (Å²) < 4.78 is 6.02. The van der Waals surface area contributed by atoms with Crippen LogP contribution in [0.4, 0.5) is 0 Å². The molecule has 4 rings (SSSR count). The molecule has 0 spiro atoms. The second-order valence-corrected chi connectivity index (χ2v) is 6.16. The highest BCUT2D eigenvalue weighted by molar-refractivity contribution is 5.23. The molecule has 2 bridgehead atoms. The van der Waals surface area contributed by atoms with Gasteiger partial charge in [-0.05, 0) is 36.0 Å². The van der Waals surface area contributed by atoms with Crippen LogP contribution in [0.25, 0.3) is 0 Å². The van der Waals surface area contributed by atoms with E-state index in [2.05, 4.69) is 27.7 Å². The van der Waals surface area contributed by atoms with Crippen LogP contribution in [0.15, 0.2) is 0 Å². The normalized spacial score (nSPS) is 55.6. The lowest BCUT2D eigenvalue weighted by Gasteiger charge is -2.59. The molecule has 4 atom stereocenters. The summed E-state index contributed by atoms with van der Waals surface area (Å²) in [6.07, 6.45) is 3.40. The van der Waals surface area contributed by atoms with E-state index in [4.69, 9.17) is 4.74 Å². The summed E-state index contributed by atoms with van der Waals surface area (Å²) in [5, 5.41) is 0. The molecule has 0 aromatic rings. The molecule has 0 aromatic carbocycles. The zero-order chi connectivity index (χ0) is 9.43. The molecule has 74 valence electrons. The minimum absolute atomic E-state index is 0.304. The van der Waals surface area contributed by atoms with Crippen molar-refractivity contribution in [3.8, 4) is 0 Å². The van der Waals surface area contributed by atoms with Crippen molar-refractivity contribution in [3.05, 3.63) is 0 Å². The average Bonchev–Trinajstić information content (AvgIpc) is 2.77. The highest BCUT2D eigenvalue weighted by Gasteiger charge is 2.75. The number of epoxide rings is 1. The van der Waals surface area contributed by atoms with Crippen molar-refractivity contribution < 1.29 is 4.74 Å². The fraction of sp³-hybridized carbons (Fsp3) is 1.00. The smallest absolute Gasteiger partial charge is 0.100 e. The molecule has 1 heterocycles. The molecular formula is C12H20O. The Morgan fingerprint density at radius 1 is 1.23 bits per heavy atom. The van der Waals surface area contributed by atoms with Gasteiger partial charge in [0.15, 0.2) is 0 Å². The van der Waals surface area contributed by atoms with E-state index in [1.54, 1.807) is 0 Å². The van der Waals surface area contributed by atoms with Gasteiger partial charge in [-0.25, -0.2) is 0 Å². The molecular weight excluding hydrogens is 160 g/mol. The Bertz CT molecular complexity index is 256. The van der Waals surface area contributed by atoms with Crippen LogP contribution in [-0.2, 0) is 4.74 Å². The lowest BCUT2D eigenvalue weighted by Crippen LogP contribution is -2.58. The first-order valence-corrected chi connectivity index (χ1v) is 5.67. The van der Waals surface area contributed by atoms with E-state index in [1.165, 1.54) is 12.8 Å². The predicted molar refractivity (Wildman–Crippen MR) is 52.4 cm³/mol. The number of hydrogen-bond acceptors (Lipinski definition) is 1. The first kappa shape index (κ1) is 8.28. The van der Waals surface area contributed by atoms with Gasteiger partial charge in [0.25, 0.3) is 0 Å². The molecule has 0 aromatic heterocycles. The monoisotopic (exact) mass is 180 g/mol. The molecule has 4 fully saturated rings. The summed E-state index contributed by atoms with van der Waals surface area (Å²) in [5.41, 5.74) is 0.871. The summed E-state index contributed by atoms with van der Waals surface area (Å²) in [4.78, 5) is 0. The van der Waals surface area contributed by atoms with Crippen LogP contribution in [-0.4, -0.2) is 11.7 Å². The summed E-state index contributed by atoms with van der Waals surface area (Å²) in [6.45, 7) is 9.53. The zero-order valence-corrected chi connectivity index (χ0v) is 9.13. The fourth-order valence-corrected chi connectivity index (χ4v) is 4.10. The third-order valence-electron chi connectivity index (χ3n) is 5.21. The van der Waals surface area contributed by atoms with E-state index in [0.717, 1.165) is 11.8 Å². The second-order valence-electron chi connectivity index (χ2n) is 6.16. The summed E-state index contributed by atoms with van der Waals surface area (Å²) >= 11 is 0. The van der Waals surface area contributed by atoms with Crippen molar-refractivity contribution in [3.63, 3.8) is 0 Å². The van der Waals surface area contributed by atoms with Gasteiger partial charge < -0.3 is 4.74 Å². The first-order valence-electron chi connectivity index (χ1n) is 5.67. The Hall–Kier alpha value is -0.0400. The minimum Gasteiger partial charge on any atom is -0.365 e. The summed E-state index contributed by atoms with van der Waals surface area (Å²) in [6, 6.07) is 0. The van der Waals surface area contributed by atoms with Gasteiger partial charge in [0.05, 0.1) is 6.10 Å². The lowest BCUT2D eigenvalue weighted by molar-refractivity contribution is -0.0973. The van der Waals surface area contributed by atoms with Crippen LogP contribution in [0.2, 0.25) is 0 Å². The predicted octanol–water partition coefficient (Wildman–Crippen LogP) is 2.85. The van der Waals surface area contributed by atoms with Gasteiger partial charge in [-0.15, -0.1) is 0 Å². The van der Waals surface area contributed by atoms with Crippen molar-refractivity contribution in [2.75, 3.05) is 0 Å². The number of ether oxygens (including phenoxy) is 1. The topological polar surface area (TPSA) is 12.5 Å². The fourth-order valence-electron chi connectivity index (χ4n) is 4.10. The molecule has 3 aliphatic carbocycles. The van der Waals surface area contributed by atoms with E-state index in [1.807, 2.05) is 0 Å².